The Morgan fingerprint density at radius 3 is 2.80 bits per heavy atom. The maximum atomic E-state index is 9.29. The molecule has 1 aliphatic carbocycles. The zero-order valence-corrected chi connectivity index (χ0v) is 15.6. The number of rotatable bonds is 5. The molecule has 1 saturated carbocycles. The van der Waals surface area contributed by atoms with Gasteiger partial charge in [-0.05, 0) is 56.0 Å². The first-order valence-corrected chi connectivity index (χ1v) is 9.88. The van der Waals surface area contributed by atoms with Gasteiger partial charge in [-0.25, -0.2) is 0 Å². The van der Waals surface area contributed by atoms with E-state index in [1.54, 1.807) is 0 Å². The van der Waals surface area contributed by atoms with Crippen LogP contribution in [0, 0.1) is 17.3 Å². The molecule has 4 nitrogen and oxygen atoms in total. The zero-order valence-electron chi connectivity index (χ0n) is 15.6. The zero-order chi connectivity index (χ0) is 17.4. The molecule has 138 valence electrons. The topological polar surface area (TPSA) is 44.7 Å². The van der Waals surface area contributed by atoms with Crippen LogP contribution in [0.3, 0.4) is 0 Å². The third kappa shape index (κ3) is 3.32. The number of hydrogen-bond donors (Lipinski definition) is 2. The van der Waals surface area contributed by atoms with Crippen molar-refractivity contribution in [3.63, 3.8) is 0 Å². The maximum Gasteiger partial charge on any atom is 0.0694 e. The minimum atomic E-state index is 0.212. The number of nitrogens with zero attached hydrogens (tertiary/aromatic N) is 1. The number of ether oxygens (including phenoxy) is 1. The van der Waals surface area contributed by atoms with Gasteiger partial charge in [-0.1, -0.05) is 26.0 Å². The first-order chi connectivity index (χ1) is 12.1. The Morgan fingerprint density at radius 2 is 2.04 bits per heavy atom. The SMILES string of the molecule is CC1(C)C(Nc2cccc(CN3CCC(CO)CC3)c2)C2CCOC21. The Balaban J connectivity index is 1.37. The summed E-state index contributed by atoms with van der Waals surface area (Å²) in [6, 6.07) is 9.43. The smallest absolute Gasteiger partial charge is 0.0694 e. The van der Waals surface area contributed by atoms with E-state index >= 15 is 0 Å². The Kier molecular flexibility index (Phi) is 4.78. The largest absolute Gasteiger partial charge is 0.396 e. The minimum Gasteiger partial charge on any atom is -0.396 e. The predicted octanol–water partition coefficient (Wildman–Crippen LogP) is 3.12. The summed E-state index contributed by atoms with van der Waals surface area (Å²) >= 11 is 0. The lowest BCUT2D eigenvalue weighted by Crippen LogP contribution is -2.63. The standard InChI is InChI=1S/C21H32N2O2/c1-21(2)19(18-8-11-25-20(18)21)22-17-5-3-4-16(12-17)13-23-9-6-15(14-24)7-10-23/h3-5,12,15,18-20,22,24H,6-11,13-14H2,1-2H3. The third-order valence-electron chi connectivity index (χ3n) is 6.72. The highest BCUT2D eigenvalue weighted by atomic mass is 16.5. The Bertz CT molecular complexity index is 595. The fourth-order valence-corrected chi connectivity index (χ4v) is 5.14. The number of fused-ring (bicyclic) bond motifs is 1. The molecule has 2 aliphatic heterocycles. The molecule has 1 aromatic carbocycles. The van der Waals surface area contributed by atoms with Gasteiger partial charge in [0, 0.05) is 42.8 Å². The van der Waals surface area contributed by atoms with Gasteiger partial charge < -0.3 is 15.2 Å². The molecule has 0 aromatic heterocycles. The van der Waals surface area contributed by atoms with E-state index in [4.69, 9.17) is 4.74 Å². The minimum absolute atomic E-state index is 0.212. The summed E-state index contributed by atoms with van der Waals surface area (Å²) in [7, 11) is 0. The highest BCUT2D eigenvalue weighted by Crippen LogP contribution is 2.53. The first kappa shape index (κ1) is 17.3. The molecule has 0 amide bonds. The number of piperidine rings is 1. The summed E-state index contributed by atoms with van der Waals surface area (Å²) in [6.07, 6.45) is 3.85. The molecule has 3 unspecified atom stereocenters. The molecule has 3 fully saturated rings. The van der Waals surface area contributed by atoms with Gasteiger partial charge in [-0.15, -0.1) is 0 Å². The number of aliphatic hydroxyl groups excluding tert-OH is 1. The number of nitrogens with one attached hydrogen (secondary N) is 1. The van der Waals surface area contributed by atoms with E-state index in [1.807, 2.05) is 0 Å². The number of anilines is 1. The van der Waals surface area contributed by atoms with E-state index < -0.39 is 0 Å². The summed E-state index contributed by atoms with van der Waals surface area (Å²) in [4.78, 5) is 2.51. The van der Waals surface area contributed by atoms with Gasteiger partial charge in [-0.3, -0.25) is 4.90 Å². The van der Waals surface area contributed by atoms with E-state index in [0.29, 0.717) is 30.6 Å². The van der Waals surface area contributed by atoms with Crippen LogP contribution in [0.15, 0.2) is 24.3 Å². The van der Waals surface area contributed by atoms with Crippen molar-refractivity contribution in [1.29, 1.82) is 0 Å². The first-order valence-electron chi connectivity index (χ1n) is 9.88. The molecule has 3 atom stereocenters. The van der Waals surface area contributed by atoms with Crippen LogP contribution < -0.4 is 5.32 Å². The molecule has 25 heavy (non-hydrogen) atoms. The molecule has 2 N–H and O–H groups in total. The van der Waals surface area contributed by atoms with Crippen molar-refractivity contribution in [2.45, 2.75) is 51.8 Å². The Morgan fingerprint density at radius 1 is 1.24 bits per heavy atom. The van der Waals surface area contributed by atoms with Crippen molar-refractivity contribution in [3.05, 3.63) is 29.8 Å². The summed E-state index contributed by atoms with van der Waals surface area (Å²) in [6.45, 7) is 9.12. The number of hydrogen-bond acceptors (Lipinski definition) is 4. The summed E-state index contributed by atoms with van der Waals surface area (Å²) in [5.74, 6) is 1.17. The van der Waals surface area contributed by atoms with Gasteiger partial charge in [0.25, 0.3) is 0 Å². The second kappa shape index (κ2) is 6.90. The average molecular weight is 344 g/mol. The number of benzene rings is 1. The molecule has 1 aromatic rings. The van der Waals surface area contributed by atoms with Crippen LogP contribution in [0.1, 0.15) is 38.7 Å². The van der Waals surface area contributed by atoms with Crippen molar-refractivity contribution >= 4 is 5.69 Å². The Labute approximate surface area is 151 Å². The van der Waals surface area contributed by atoms with Crippen LogP contribution in [-0.2, 0) is 11.3 Å². The van der Waals surface area contributed by atoms with E-state index in [9.17, 15) is 5.11 Å². The van der Waals surface area contributed by atoms with Crippen LogP contribution in [0.5, 0.6) is 0 Å². The lowest BCUT2D eigenvalue weighted by Gasteiger charge is -2.55. The normalized spacial score (nSPS) is 32.2. The van der Waals surface area contributed by atoms with Crippen molar-refractivity contribution in [2.75, 3.05) is 31.6 Å². The van der Waals surface area contributed by atoms with Gasteiger partial charge in [-0.2, -0.15) is 0 Å². The van der Waals surface area contributed by atoms with Gasteiger partial charge in [0.05, 0.1) is 6.10 Å². The van der Waals surface area contributed by atoms with E-state index in [1.165, 1.54) is 17.7 Å². The monoisotopic (exact) mass is 344 g/mol. The molecule has 2 heterocycles. The second-order valence-electron chi connectivity index (χ2n) is 8.79. The van der Waals surface area contributed by atoms with Gasteiger partial charge in [0.2, 0.25) is 0 Å². The highest BCUT2D eigenvalue weighted by Gasteiger charge is 2.59. The number of likely N-dealkylation sites (tertiary alicyclic amines) is 1. The van der Waals surface area contributed by atoms with E-state index in [-0.39, 0.29) is 5.41 Å². The van der Waals surface area contributed by atoms with Crippen LogP contribution in [0.4, 0.5) is 5.69 Å². The molecule has 0 bridgehead atoms. The lowest BCUT2D eigenvalue weighted by molar-refractivity contribution is -0.0923. The Hall–Kier alpha value is -1.10. The molecule has 4 rings (SSSR count). The van der Waals surface area contributed by atoms with Crippen LogP contribution in [-0.4, -0.2) is 48.5 Å². The van der Waals surface area contributed by atoms with Gasteiger partial charge >= 0.3 is 0 Å². The molecule has 2 saturated heterocycles. The van der Waals surface area contributed by atoms with E-state index in [2.05, 4.69) is 48.3 Å². The fraction of sp³-hybridized carbons (Fsp3) is 0.714. The van der Waals surface area contributed by atoms with Gasteiger partial charge in [0.15, 0.2) is 0 Å². The molecule has 3 aliphatic rings. The van der Waals surface area contributed by atoms with Gasteiger partial charge in [0.1, 0.15) is 0 Å². The van der Waals surface area contributed by atoms with Crippen molar-refractivity contribution in [3.8, 4) is 0 Å². The van der Waals surface area contributed by atoms with E-state index in [0.717, 1.165) is 39.1 Å². The average Bonchev–Trinajstić information content (AvgIpc) is 3.08. The molecule has 4 heteroatoms. The van der Waals surface area contributed by atoms with Crippen LogP contribution in [0.25, 0.3) is 0 Å². The fourth-order valence-electron chi connectivity index (χ4n) is 5.14. The maximum absolute atomic E-state index is 9.29. The summed E-state index contributed by atoms with van der Waals surface area (Å²) < 4.78 is 5.91. The van der Waals surface area contributed by atoms with Crippen LogP contribution in [0.2, 0.25) is 0 Å². The molecule has 0 radical (unpaired) electrons. The summed E-state index contributed by atoms with van der Waals surface area (Å²) in [5.41, 5.74) is 2.83. The van der Waals surface area contributed by atoms with Crippen molar-refractivity contribution in [2.24, 2.45) is 17.3 Å². The third-order valence-corrected chi connectivity index (χ3v) is 6.72. The number of aliphatic hydroxyl groups is 1. The quantitative estimate of drug-likeness (QED) is 0.861. The molecular weight excluding hydrogens is 312 g/mol. The summed E-state index contributed by atoms with van der Waals surface area (Å²) in [5, 5.41) is 13.1. The predicted molar refractivity (Wildman–Crippen MR) is 101 cm³/mol. The van der Waals surface area contributed by atoms with Crippen LogP contribution >= 0.6 is 0 Å². The second-order valence-corrected chi connectivity index (χ2v) is 8.79. The van der Waals surface area contributed by atoms with Crippen molar-refractivity contribution < 1.29 is 9.84 Å². The highest BCUT2D eigenvalue weighted by molar-refractivity contribution is 5.48. The lowest BCUT2D eigenvalue weighted by atomic mass is 9.57. The molecular formula is C21H32N2O2. The van der Waals surface area contributed by atoms with Crippen molar-refractivity contribution in [1.82, 2.24) is 4.90 Å². The molecule has 0 spiro atoms.